The van der Waals surface area contributed by atoms with Gasteiger partial charge in [0.1, 0.15) is 11.6 Å². The third-order valence-corrected chi connectivity index (χ3v) is 3.48. The highest BCUT2D eigenvalue weighted by Crippen LogP contribution is 2.30. The van der Waals surface area contributed by atoms with Gasteiger partial charge in [0.2, 0.25) is 0 Å². The first-order valence-corrected chi connectivity index (χ1v) is 6.77. The monoisotopic (exact) mass is 271 g/mol. The number of nitrogens with zero attached hydrogens (tertiary/aromatic N) is 1. The number of aromatic nitrogens is 2. The number of ether oxygens (including phenoxy) is 1. The topological polar surface area (TPSA) is 81.0 Å². The molecule has 20 heavy (non-hydrogen) atoms. The van der Waals surface area contributed by atoms with Crippen LogP contribution in [0.3, 0.4) is 0 Å². The van der Waals surface area contributed by atoms with E-state index in [0.29, 0.717) is 25.4 Å². The molecule has 104 valence electrons. The Kier molecular flexibility index (Phi) is 3.52. The Morgan fingerprint density at radius 2 is 2.25 bits per heavy atom. The van der Waals surface area contributed by atoms with Crippen molar-refractivity contribution in [2.75, 3.05) is 13.2 Å². The van der Waals surface area contributed by atoms with E-state index in [-0.39, 0.29) is 11.5 Å². The zero-order chi connectivity index (χ0) is 13.9. The molecule has 2 aromatic rings. The molecule has 0 saturated heterocycles. The van der Waals surface area contributed by atoms with E-state index in [4.69, 9.17) is 10.5 Å². The molecule has 0 aliphatic carbocycles. The molecule has 1 unspecified atom stereocenters. The molecular formula is C15H17N3O2. The van der Waals surface area contributed by atoms with E-state index in [1.807, 2.05) is 24.3 Å². The molecule has 0 amide bonds. The molecule has 0 saturated carbocycles. The normalized spacial score (nSPS) is 17.4. The lowest BCUT2D eigenvalue weighted by atomic mass is 9.96. The molecule has 5 heteroatoms. The fourth-order valence-electron chi connectivity index (χ4n) is 2.50. The van der Waals surface area contributed by atoms with Crippen LogP contribution in [0.1, 0.15) is 23.0 Å². The van der Waals surface area contributed by atoms with Crippen LogP contribution in [0.25, 0.3) is 0 Å². The Balaban J connectivity index is 1.89. The van der Waals surface area contributed by atoms with Crippen LogP contribution in [0.15, 0.2) is 35.1 Å². The van der Waals surface area contributed by atoms with Gasteiger partial charge in [-0.2, -0.15) is 0 Å². The number of hydrogen-bond donors (Lipinski definition) is 2. The van der Waals surface area contributed by atoms with Crippen molar-refractivity contribution in [3.8, 4) is 5.75 Å². The number of nitrogens with one attached hydrogen (secondary N) is 1. The summed E-state index contributed by atoms with van der Waals surface area (Å²) >= 11 is 0. The highest BCUT2D eigenvalue weighted by Gasteiger charge is 2.23. The molecule has 3 rings (SSSR count). The minimum atomic E-state index is -0.127. The van der Waals surface area contributed by atoms with Gasteiger partial charge >= 0.3 is 0 Å². The SMILES string of the molecule is NCCc1cc(=O)[nH]c(C2COc3ccccc3C2)n1. The van der Waals surface area contributed by atoms with Crippen LogP contribution in [0.4, 0.5) is 0 Å². The average Bonchev–Trinajstić information content (AvgIpc) is 2.46. The minimum absolute atomic E-state index is 0.0790. The Morgan fingerprint density at radius 1 is 1.40 bits per heavy atom. The van der Waals surface area contributed by atoms with Crippen LogP contribution in [-0.4, -0.2) is 23.1 Å². The fraction of sp³-hybridized carbons (Fsp3) is 0.333. The number of rotatable bonds is 3. The van der Waals surface area contributed by atoms with Crippen LogP contribution in [0, 0.1) is 0 Å². The Labute approximate surface area is 116 Å². The fourth-order valence-corrected chi connectivity index (χ4v) is 2.50. The Hall–Kier alpha value is -2.14. The maximum Gasteiger partial charge on any atom is 0.251 e. The molecule has 1 atom stereocenters. The summed E-state index contributed by atoms with van der Waals surface area (Å²) in [7, 11) is 0. The van der Waals surface area contributed by atoms with Crippen molar-refractivity contribution in [3.05, 3.63) is 57.8 Å². The maximum atomic E-state index is 11.7. The van der Waals surface area contributed by atoms with Crippen molar-refractivity contribution in [2.45, 2.75) is 18.8 Å². The number of benzene rings is 1. The van der Waals surface area contributed by atoms with Crippen LogP contribution < -0.4 is 16.0 Å². The summed E-state index contributed by atoms with van der Waals surface area (Å²) in [4.78, 5) is 19.0. The van der Waals surface area contributed by atoms with E-state index in [9.17, 15) is 4.79 Å². The zero-order valence-corrected chi connectivity index (χ0v) is 11.1. The van der Waals surface area contributed by atoms with Gasteiger partial charge in [-0.15, -0.1) is 0 Å². The second kappa shape index (κ2) is 5.46. The second-order valence-corrected chi connectivity index (χ2v) is 4.98. The number of hydrogen-bond acceptors (Lipinski definition) is 4. The molecule has 1 aromatic heterocycles. The third-order valence-electron chi connectivity index (χ3n) is 3.48. The third kappa shape index (κ3) is 2.58. The highest BCUT2D eigenvalue weighted by atomic mass is 16.5. The number of aromatic amines is 1. The molecule has 0 bridgehead atoms. The summed E-state index contributed by atoms with van der Waals surface area (Å²) in [5.41, 5.74) is 7.29. The number of fused-ring (bicyclic) bond motifs is 1. The summed E-state index contributed by atoms with van der Waals surface area (Å²) in [6.07, 6.45) is 1.44. The van der Waals surface area contributed by atoms with Gasteiger partial charge in [-0.3, -0.25) is 4.79 Å². The summed E-state index contributed by atoms with van der Waals surface area (Å²) in [5, 5.41) is 0. The van der Waals surface area contributed by atoms with Gasteiger partial charge in [0.15, 0.2) is 0 Å². The van der Waals surface area contributed by atoms with Crippen LogP contribution in [-0.2, 0) is 12.8 Å². The first-order valence-electron chi connectivity index (χ1n) is 6.77. The summed E-state index contributed by atoms with van der Waals surface area (Å²) in [6.45, 7) is 1.02. The molecule has 2 heterocycles. The molecule has 5 nitrogen and oxygen atoms in total. The molecule has 1 aromatic carbocycles. The lowest BCUT2D eigenvalue weighted by Crippen LogP contribution is -2.25. The smallest absolute Gasteiger partial charge is 0.251 e. The van der Waals surface area contributed by atoms with Crippen LogP contribution in [0.5, 0.6) is 5.75 Å². The number of nitrogens with two attached hydrogens (primary N) is 1. The van der Waals surface area contributed by atoms with Crippen LogP contribution in [0.2, 0.25) is 0 Å². The summed E-state index contributed by atoms with van der Waals surface area (Å²) in [6, 6.07) is 9.47. The highest BCUT2D eigenvalue weighted by molar-refractivity contribution is 5.36. The van der Waals surface area contributed by atoms with Gasteiger partial charge in [-0.1, -0.05) is 18.2 Å². The summed E-state index contributed by atoms with van der Waals surface area (Å²) < 4.78 is 5.74. The van der Waals surface area contributed by atoms with Crippen molar-refractivity contribution >= 4 is 0 Å². The molecule has 3 N–H and O–H groups in total. The predicted octanol–water partition coefficient (Wildman–Crippen LogP) is 0.990. The molecule has 0 fully saturated rings. The van der Waals surface area contributed by atoms with Gasteiger partial charge in [-0.25, -0.2) is 4.98 Å². The largest absolute Gasteiger partial charge is 0.493 e. The van der Waals surface area contributed by atoms with E-state index in [1.54, 1.807) is 0 Å². The second-order valence-electron chi connectivity index (χ2n) is 4.98. The van der Waals surface area contributed by atoms with Gasteiger partial charge in [0.05, 0.1) is 12.5 Å². The van der Waals surface area contributed by atoms with E-state index < -0.39 is 0 Å². The van der Waals surface area contributed by atoms with Crippen molar-refractivity contribution < 1.29 is 4.74 Å². The van der Waals surface area contributed by atoms with Crippen molar-refractivity contribution in [1.29, 1.82) is 0 Å². The lowest BCUT2D eigenvalue weighted by molar-refractivity contribution is 0.257. The van der Waals surface area contributed by atoms with E-state index in [0.717, 1.165) is 23.4 Å². The summed E-state index contributed by atoms with van der Waals surface area (Å²) in [5.74, 6) is 1.69. The lowest BCUT2D eigenvalue weighted by Gasteiger charge is -2.24. The standard InChI is InChI=1S/C15H17N3O2/c16-6-5-12-8-14(19)18-15(17-12)11-7-10-3-1-2-4-13(10)20-9-11/h1-4,8,11H,5-7,9,16H2,(H,17,18,19). The maximum absolute atomic E-state index is 11.7. The van der Waals surface area contributed by atoms with Crippen molar-refractivity contribution in [3.63, 3.8) is 0 Å². The quantitative estimate of drug-likeness (QED) is 0.872. The van der Waals surface area contributed by atoms with Crippen LogP contribution >= 0.6 is 0 Å². The van der Waals surface area contributed by atoms with Gasteiger partial charge in [-0.05, 0) is 24.6 Å². The van der Waals surface area contributed by atoms with Crippen molar-refractivity contribution in [2.24, 2.45) is 5.73 Å². The van der Waals surface area contributed by atoms with E-state index >= 15 is 0 Å². The molecular weight excluding hydrogens is 254 g/mol. The Bertz CT molecular complexity index is 666. The predicted molar refractivity (Wildman–Crippen MR) is 76.0 cm³/mol. The van der Waals surface area contributed by atoms with Crippen molar-refractivity contribution in [1.82, 2.24) is 9.97 Å². The van der Waals surface area contributed by atoms with Gasteiger partial charge in [0, 0.05) is 18.2 Å². The minimum Gasteiger partial charge on any atom is -0.493 e. The van der Waals surface area contributed by atoms with Gasteiger partial charge in [0.25, 0.3) is 5.56 Å². The zero-order valence-electron chi connectivity index (χ0n) is 11.1. The number of para-hydroxylation sites is 1. The molecule has 0 spiro atoms. The first kappa shape index (κ1) is 12.9. The Morgan fingerprint density at radius 3 is 3.10 bits per heavy atom. The number of H-pyrrole nitrogens is 1. The average molecular weight is 271 g/mol. The van der Waals surface area contributed by atoms with E-state index in [2.05, 4.69) is 9.97 Å². The molecule has 0 radical (unpaired) electrons. The first-order chi connectivity index (χ1) is 9.76. The van der Waals surface area contributed by atoms with Gasteiger partial charge < -0.3 is 15.5 Å². The molecule has 1 aliphatic rings. The molecule has 1 aliphatic heterocycles. The van der Waals surface area contributed by atoms with E-state index in [1.165, 1.54) is 6.07 Å².